The molecule has 10 heteroatoms. The minimum Gasteiger partial charge on any atom is -0.458 e. The lowest BCUT2D eigenvalue weighted by Gasteiger charge is -2.39. The van der Waals surface area contributed by atoms with Gasteiger partial charge in [-0.3, -0.25) is 4.79 Å². The molecule has 0 radical (unpaired) electrons. The fourth-order valence-electron chi connectivity index (χ4n) is 6.31. The van der Waals surface area contributed by atoms with Crippen molar-refractivity contribution in [3.05, 3.63) is 48.6 Å². The molecule has 1 heterocycles. The Balaban J connectivity index is 2.41. The van der Waals surface area contributed by atoms with E-state index >= 15 is 0 Å². The molecule has 6 atom stereocenters. The Bertz CT molecular complexity index is 1040. The molecule has 0 aliphatic carbocycles. The van der Waals surface area contributed by atoms with E-state index in [4.69, 9.17) is 18.9 Å². The van der Waals surface area contributed by atoms with Crippen LogP contribution in [-0.4, -0.2) is 89.0 Å². The number of aliphatic hydroxyl groups excluding tert-OH is 4. The minimum absolute atomic E-state index is 0.193. The molecule has 1 aliphatic rings. The number of carbonyl (C=O) groups excluding carboxylic acids is 2. The first-order valence-electron chi connectivity index (χ1n) is 21.7. The van der Waals surface area contributed by atoms with Crippen LogP contribution in [0.4, 0.5) is 0 Å². The van der Waals surface area contributed by atoms with Gasteiger partial charge in [0.15, 0.2) is 12.4 Å². The molecular formula is C45H78O10. The summed E-state index contributed by atoms with van der Waals surface area (Å²) in [5, 5.41) is 40.0. The number of aliphatic hydroxyl groups is 4. The third-order valence-corrected chi connectivity index (χ3v) is 9.79. The molecule has 0 aromatic rings. The molecule has 0 amide bonds. The van der Waals surface area contributed by atoms with E-state index in [9.17, 15) is 30.0 Å². The topological polar surface area (TPSA) is 152 Å². The van der Waals surface area contributed by atoms with Crippen LogP contribution in [0.5, 0.6) is 0 Å². The number of carbonyl (C=O) groups is 2. The maximum Gasteiger partial charge on any atom is 0.330 e. The summed E-state index contributed by atoms with van der Waals surface area (Å²) in [6.45, 7) is 3.25. The van der Waals surface area contributed by atoms with E-state index in [0.717, 1.165) is 57.8 Å². The highest BCUT2D eigenvalue weighted by molar-refractivity contribution is 5.82. The molecule has 0 saturated carbocycles. The van der Waals surface area contributed by atoms with Gasteiger partial charge in [0, 0.05) is 12.5 Å². The first-order chi connectivity index (χ1) is 26.8. The summed E-state index contributed by atoms with van der Waals surface area (Å²) in [5.74, 6) is -1.08. The number of ether oxygens (including phenoxy) is 4. The Morgan fingerprint density at radius 2 is 1.15 bits per heavy atom. The van der Waals surface area contributed by atoms with Gasteiger partial charge in [-0.2, -0.15) is 0 Å². The number of allylic oxidation sites excluding steroid dienone is 7. The average Bonchev–Trinajstić information content (AvgIpc) is 3.18. The van der Waals surface area contributed by atoms with Crippen LogP contribution in [0.1, 0.15) is 168 Å². The largest absolute Gasteiger partial charge is 0.458 e. The van der Waals surface area contributed by atoms with E-state index in [2.05, 4.69) is 38.2 Å². The van der Waals surface area contributed by atoms with Crippen molar-refractivity contribution in [2.75, 3.05) is 19.8 Å². The van der Waals surface area contributed by atoms with Crippen molar-refractivity contribution < 1.29 is 49.0 Å². The lowest BCUT2D eigenvalue weighted by Crippen LogP contribution is -2.59. The summed E-state index contributed by atoms with van der Waals surface area (Å²) in [7, 11) is 0. The van der Waals surface area contributed by atoms with Crippen LogP contribution < -0.4 is 0 Å². The first-order valence-corrected chi connectivity index (χ1v) is 21.7. The second-order valence-corrected chi connectivity index (χ2v) is 14.9. The summed E-state index contributed by atoms with van der Waals surface area (Å²) < 4.78 is 21.9. The minimum atomic E-state index is -1.61. The molecule has 1 saturated heterocycles. The monoisotopic (exact) mass is 779 g/mol. The van der Waals surface area contributed by atoms with Crippen molar-refractivity contribution in [3.63, 3.8) is 0 Å². The second-order valence-electron chi connectivity index (χ2n) is 14.9. The van der Waals surface area contributed by atoms with Gasteiger partial charge in [0.1, 0.15) is 31.0 Å². The van der Waals surface area contributed by atoms with E-state index < -0.39 is 55.4 Å². The molecule has 2 unspecified atom stereocenters. The van der Waals surface area contributed by atoms with E-state index in [0.29, 0.717) is 6.42 Å². The van der Waals surface area contributed by atoms with E-state index in [1.807, 2.05) is 12.2 Å². The maximum atomic E-state index is 12.7. The molecule has 4 N–H and O–H groups in total. The van der Waals surface area contributed by atoms with Crippen LogP contribution in [0, 0.1) is 0 Å². The number of unbranched alkanes of at least 4 members (excludes halogenated alkanes) is 19. The third-order valence-electron chi connectivity index (χ3n) is 9.79. The Morgan fingerprint density at radius 1 is 0.618 bits per heavy atom. The zero-order chi connectivity index (χ0) is 40.2. The predicted molar refractivity (Wildman–Crippen MR) is 219 cm³/mol. The van der Waals surface area contributed by atoms with Gasteiger partial charge in [-0.1, -0.05) is 153 Å². The molecule has 0 aromatic carbocycles. The number of rotatable bonds is 35. The lowest BCUT2D eigenvalue weighted by atomic mass is 9.99. The lowest BCUT2D eigenvalue weighted by molar-refractivity contribution is -0.305. The SMILES string of the molecule is CCCCC/C=C/C/C=C/CCCCCCCC(=O)O[C@@H](COC(=O)/C=C/C=C/CCCCCCCCCCCCC)CO[C@H]1O[C@@H](CO)[C@@H](O)C(O)C1O. The molecule has 1 aliphatic heterocycles. The number of hydrogen-bond donors (Lipinski definition) is 4. The molecule has 0 spiro atoms. The molecule has 0 bridgehead atoms. The quantitative estimate of drug-likeness (QED) is 0.0161. The van der Waals surface area contributed by atoms with Gasteiger partial charge >= 0.3 is 11.9 Å². The molecule has 10 nitrogen and oxygen atoms in total. The summed E-state index contributed by atoms with van der Waals surface area (Å²) in [5.41, 5.74) is 0. The van der Waals surface area contributed by atoms with Crippen molar-refractivity contribution in [3.8, 4) is 0 Å². The first kappa shape index (κ1) is 50.7. The van der Waals surface area contributed by atoms with Crippen LogP contribution in [-0.2, 0) is 28.5 Å². The van der Waals surface area contributed by atoms with E-state index in [-0.39, 0.29) is 19.6 Å². The van der Waals surface area contributed by atoms with E-state index in [1.54, 1.807) is 6.08 Å². The average molecular weight is 779 g/mol. The van der Waals surface area contributed by atoms with Crippen LogP contribution in [0.25, 0.3) is 0 Å². The molecule has 1 rings (SSSR count). The van der Waals surface area contributed by atoms with Crippen LogP contribution in [0.15, 0.2) is 48.6 Å². The summed E-state index contributed by atoms with van der Waals surface area (Å²) in [4.78, 5) is 25.2. The van der Waals surface area contributed by atoms with Crippen molar-refractivity contribution >= 4 is 11.9 Å². The second kappa shape index (κ2) is 36.0. The zero-order valence-electron chi connectivity index (χ0n) is 34.4. The van der Waals surface area contributed by atoms with Crippen molar-refractivity contribution in [1.82, 2.24) is 0 Å². The highest BCUT2D eigenvalue weighted by atomic mass is 16.7. The van der Waals surface area contributed by atoms with Crippen molar-refractivity contribution in [2.24, 2.45) is 0 Å². The van der Waals surface area contributed by atoms with Crippen LogP contribution in [0.2, 0.25) is 0 Å². The summed E-state index contributed by atoms with van der Waals surface area (Å²) >= 11 is 0. The number of hydrogen-bond acceptors (Lipinski definition) is 10. The summed E-state index contributed by atoms with van der Waals surface area (Å²) in [6, 6.07) is 0. The Morgan fingerprint density at radius 3 is 1.75 bits per heavy atom. The molecule has 0 aromatic heterocycles. The van der Waals surface area contributed by atoms with Gasteiger partial charge < -0.3 is 39.4 Å². The fourth-order valence-corrected chi connectivity index (χ4v) is 6.31. The van der Waals surface area contributed by atoms with Gasteiger partial charge in [-0.05, 0) is 51.4 Å². The smallest absolute Gasteiger partial charge is 0.330 e. The Kier molecular flexibility index (Phi) is 33.2. The predicted octanol–water partition coefficient (Wildman–Crippen LogP) is 8.88. The van der Waals surface area contributed by atoms with Crippen molar-refractivity contribution in [2.45, 2.75) is 205 Å². The van der Waals surface area contributed by atoms with Gasteiger partial charge in [0.05, 0.1) is 13.2 Å². The molecule has 318 valence electrons. The van der Waals surface area contributed by atoms with Crippen LogP contribution in [0.3, 0.4) is 0 Å². The molecule has 1 fully saturated rings. The summed E-state index contributed by atoms with van der Waals surface area (Å²) in [6.07, 6.45) is 34.6. The van der Waals surface area contributed by atoms with Crippen LogP contribution >= 0.6 is 0 Å². The van der Waals surface area contributed by atoms with Gasteiger partial charge in [0.25, 0.3) is 0 Å². The zero-order valence-corrected chi connectivity index (χ0v) is 34.4. The van der Waals surface area contributed by atoms with Gasteiger partial charge in [-0.25, -0.2) is 4.79 Å². The third kappa shape index (κ3) is 27.8. The van der Waals surface area contributed by atoms with E-state index in [1.165, 1.54) is 89.5 Å². The maximum absolute atomic E-state index is 12.7. The Hall–Kier alpha value is -2.34. The highest BCUT2D eigenvalue weighted by Crippen LogP contribution is 2.22. The standard InChI is InChI=1S/C45H78O10/c1-3-5-7-9-11-13-15-17-19-21-23-25-27-29-31-33-40(47)52-36-38(37-53-45-44(51)43(50)42(49)39(35-46)55-45)54-41(48)34-32-30-28-26-24-22-20-18-16-14-12-10-8-6-4-2/h12,14,18,20,27,29,31,33,38-39,42-46,49-51H,3-11,13,15-17,19,21-26,28,30,32,34-37H2,1-2H3/b14-12+,20-18+,29-27+,33-31+/t38-,39-,42+,43?,44?,45-/m0/s1. The number of esters is 2. The Labute approximate surface area is 333 Å². The fraction of sp³-hybridized carbons (Fsp3) is 0.778. The molecule has 55 heavy (non-hydrogen) atoms. The highest BCUT2D eigenvalue weighted by Gasteiger charge is 2.44. The van der Waals surface area contributed by atoms with Crippen molar-refractivity contribution in [1.29, 1.82) is 0 Å². The molecular weight excluding hydrogens is 700 g/mol. The van der Waals surface area contributed by atoms with Gasteiger partial charge in [-0.15, -0.1) is 0 Å². The normalized spacial score (nSPS) is 21.0. The van der Waals surface area contributed by atoms with Gasteiger partial charge in [0.2, 0.25) is 0 Å².